The zero-order chi connectivity index (χ0) is 70.1. The zero-order valence-corrected chi connectivity index (χ0v) is 55.3. The first kappa shape index (κ1) is 78.5. The van der Waals surface area contributed by atoms with Gasteiger partial charge < -0.3 is 92.5 Å². The Kier molecular flexibility index (Phi) is 33.9. The predicted octanol–water partition coefficient (Wildman–Crippen LogP) is -3.71. The van der Waals surface area contributed by atoms with Crippen LogP contribution in [0.3, 0.4) is 0 Å². The molecule has 2 aliphatic heterocycles. The second-order valence-corrected chi connectivity index (χ2v) is 25.1. The van der Waals surface area contributed by atoms with Crippen LogP contribution in [0.2, 0.25) is 0 Å². The first-order valence-electron chi connectivity index (χ1n) is 32.2. The molecule has 4 rings (SSSR count). The van der Waals surface area contributed by atoms with Crippen molar-refractivity contribution in [2.24, 2.45) is 51.0 Å². The molecule has 0 aliphatic carbocycles. The minimum Gasteiger partial charge on any atom is -0.370 e. The number of nitrogens with two attached hydrogens (primary N) is 7. The van der Waals surface area contributed by atoms with E-state index in [0.717, 1.165) is 0 Å². The average molecular weight is 1350 g/mol. The number of nitrogens with zero attached hydrogens (tertiary/aromatic N) is 3. The summed E-state index contributed by atoms with van der Waals surface area (Å²) in [6, 6.07) is 4.51. The average Bonchev–Trinajstić information content (AvgIpc) is 1.74. The quantitative estimate of drug-likeness (QED) is 0.0173. The lowest BCUT2D eigenvalue weighted by atomic mass is 10.0. The fourth-order valence-corrected chi connectivity index (χ4v) is 11.5. The monoisotopic (exact) mass is 1350 g/mol. The van der Waals surface area contributed by atoms with Gasteiger partial charge in [-0.1, -0.05) is 74.5 Å². The fourth-order valence-electron chi connectivity index (χ4n) is 11.0. The van der Waals surface area contributed by atoms with Crippen molar-refractivity contribution in [3.63, 3.8) is 0 Å². The molecule has 524 valence electrons. The van der Waals surface area contributed by atoms with Gasteiger partial charge in [0, 0.05) is 45.3 Å². The summed E-state index contributed by atoms with van der Waals surface area (Å²) >= 11 is 1.45. The number of likely N-dealkylation sites (tertiary alicyclic amines) is 2. The topological polar surface area (TPSA) is 519 Å². The highest BCUT2D eigenvalue weighted by atomic mass is 32.2. The van der Waals surface area contributed by atoms with Gasteiger partial charge in [-0.25, -0.2) is 0 Å². The number of carbonyl (C=O) groups excluding carboxylic acids is 13. The van der Waals surface area contributed by atoms with Gasteiger partial charge in [0.05, 0.1) is 12.6 Å². The Hall–Kier alpha value is -8.91. The third-order valence-corrected chi connectivity index (χ3v) is 16.7. The van der Waals surface area contributed by atoms with E-state index in [1.165, 1.54) is 21.6 Å². The van der Waals surface area contributed by atoms with E-state index in [9.17, 15) is 62.3 Å². The number of rotatable bonds is 42. The van der Waals surface area contributed by atoms with Gasteiger partial charge in [-0.3, -0.25) is 67.3 Å². The maximum Gasteiger partial charge on any atom is 0.245 e. The Labute approximate surface area is 558 Å². The van der Waals surface area contributed by atoms with E-state index >= 15 is 0 Å². The molecule has 0 bridgehead atoms. The van der Waals surface area contributed by atoms with Crippen molar-refractivity contribution in [1.82, 2.24) is 52.3 Å². The van der Waals surface area contributed by atoms with Gasteiger partial charge in [-0.2, -0.15) is 11.8 Å². The summed E-state index contributed by atoms with van der Waals surface area (Å²) in [4.78, 5) is 185. The molecular formula is C63H98N18O13S. The Morgan fingerprint density at radius 2 is 1.01 bits per heavy atom. The van der Waals surface area contributed by atoms with Crippen LogP contribution in [0.25, 0.3) is 0 Å². The van der Waals surface area contributed by atoms with Crippen LogP contribution in [0, 0.1) is 5.92 Å². The Morgan fingerprint density at radius 1 is 0.537 bits per heavy atom. The number of carbonyl (C=O) groups is 13. The molecule has 2 aliphatic rings. The number of unbranched alkanes of at least 4 members (excludes halogenated alkanes) is 1. The van der Waals surface area contributed by atoms with Crippen molar-refractivity contribution in [3.8, 4) is 0 Å². The summed E-state index contributed by atoms with van der Waals surface area (Å²) < 4.78 is 0. The van der Waals surface area contributed by atoms with Crippen molar-refractivity contribution in [3.05, 3.63) is 71.8 Å². The lowest BCUT2D eigenvalue weighted by Gasteiger charge is -2.32. The van der Waals surface area contributed by atoms with Crippen LogP contribution in [0.4, 0.5) is 0 Å². The van der Waals surface area contributed by atoms with Gasteiger partial charge in [0.15, 0.2) is 5.96 Å². The standard InChI is InChI=1S/C63H98N18O13S/c1-37(2)33-45(57(89)74-41(53(68)85)27-32-95-3)73-52(84)36-72-54(86)46(34-38-15-6-4-7-16-38)78-58(90)47(35-39-17-8-5-9-18-39)79-56(88)42(23-25-50(66)82)75-55(87)43(24-26-51(67)83)76-59(91)49-22-14-31-81(49)62(94)44(20-10-11-28-64)77-60(92)48-21-13-30-80(48)61(93)40(65)19-12-29-71-63(69)70/h4-9,15-18,37,40-49H,10-14,19-36,64-65H2,1-3H3,(H2,66,82)(H2,67,83)(H2,68,85)(H,72,86)(H,73,84)(H,74,89)(H,75,87)(H,76,91)(H,77,92)(H,78,90)(H,79,88)(H4,69,70,71)/t40-,41-,42+,43-,44-,45+,46-,47-,48+,49+/m0/s1. The number of benzene rings is 2. The number of nitrogens with one attached hydrogen (secondary N) is 8. The molecule has 22 N–H and O–H groups in total. The highest BCUT2D eigenvalue weighted by molar-refractivity contribution is 7.98. The predicted molar refractivity (Wildman–Crippen MR) is 356 cm³/mol. The van der Waals surface area contributed by atoms with Crippen molar-refractivity contribution in [2.45, 2.75) is 183 Å². The summed E-state index contributed by atoms with van der Waals surface area (Å²) in [5.41, 5.74) is 40.6. The van der Waals surface area contributed by atoms with Crippen LogP contribution in [-0.2, 0) is 75.2 Å². The number of hydrogen-bond acceptors (Lipinski definition) is 17. The second-order valence-electron chi connectivity index (χ2n) is 24.1. The number of guanidine groups is 1. The van der Waals surface area contributed by atoms with Crippen LogP contribution < -0.4 is 82.7 Å². The van der Waals surface area contributed by atoms with Crippen molar-refractivity contribution < 1.29 is 62.3 Å². The van der Waals surface area contributed by atoms with Gasteiger partial charge in [0.25, 0.3) is 0 Å². The molecule has 2 heterocycles. The lowest BCUT2D eigenvalue weighted by molar-refractivity contribution is -0.144. The molecule has 13 amide bonds. The molecule has 31 nitrogen and oxygen atoms in total. The number of aliphatic imine (C=N–C) groups is 1. The molecule has 0 spiro atoms. The molecule has 0 aromatic heterocycles. The van der Waals surface area contributed by atoms with E-state index in [0.29, 0.717) is 55.4 Å². The molecule has 0 unspecified atom stereocenters. The molecule has 95 heavy (non-hydrogen) atoms. The summed E-state index contributed by atoms with van der Waals surface area (Å²) in [5, 5.41) is 21.1. The zero-order valence-electron chi connectivity index (χ0n) is 54.5. The van der Waals surface area contributed by atoms with E-state index in [-0.39, 0.29) is 83.0 Å². The summed E-state index contributed by atoms with van der Waals surface area (Å²) in [6.45, 7) is 3.86. The molecule has 2 fully saturated rings. The third-order valence-electron chi connectivity index (χ3n) is 16.0. The highest BCUT2D eigenvalue weighted by Gasteiger charge is 2.42. The number of primary amides is 3. The van der Waals surface area contributed by atoms with E-state index in [1.54, 1.807) is 60.7 Å². The van der Waals surface area contributed by atoms with Crippen LogP contribution in [-0.4, -0.2) is 198 Å². The van der Waals surface area contributed by atoms with Gasteiger partial charge >= 0.3 is 0 Å². The molecule has 10 atom stereocenters. The molecule has 2 aromatic carbocycles. The maximum atomic E-state index is 14.7. The number of hydrogen-bond donors (Lipinski definition) is 15. The highest BCUT2D eigenvalue weighted by Crippen LogP contribution is 2.24. The van der Waals surface area contributed by atoms with Gasteiger partial charge in [0.1, 0.15) is 54.4 Å². The number of thioether (sulfide) groups is 1. The molecule has 0 radical (unpaired) electrons. The number of amides is 13. The Morgan fingerprint density at radius 3 is 1.51 bits per heavy atom. The maximum absolute atomic E-state index is 14.7. The van der Waals surface area contributed by atoms with Gasteiger partial charge in [-0.05, 0) is 119 Å². The van der Waals surface area contributed by atoms with Gasteiger partial charge in [0.2, 0.25) is 76.8 Å². The smallest absolute Gasteiger partial charge is 0.245 e. The summed E-state index contributed by atoms with van der Waals surface area (Å²) in [5.74, 6) is -9.80. The minimum absolute atomic E-state index is 0.0736. The SMILES string of the molecule is CSCC[C@H](NC(=O)[C@@H](CC(C)C)NC(=O)CNC(=O)[C@H](Cc1ccccc1)NC(=O)[C@H](Cc1ccccc1)NC(=O)[C@@H](CCC(N)=O)NC(=O)[C@H](CCC(N)=O)NC(=O)[C@H]1CCCN1C(=O)[C@H](CCCCN)NC(=O)[C@H]1CCCN1C(=O)[C@@H](N)CCCN=C(N)N)C(N)=O. The van der Waals surface area contributed by atoms with Crippen molar-refractivity contribution in [1.29, 1.82) is 0 Å². The fraction of sp³-hybridized carbons (Fsp3) is 0.587. The van der Waals surface area contributed by atoms with E-state index < -0.39 is 169 Å². The van der Waals surface area contributed by atoms with Crippen molar-refractivity contribution >= 4 is 94.5 Å². The lowest BCUT2D eigenvalue weighted by Crippen LogP contribution is -2.60. The van der Waals surface area contributed by atoms with Crippen LogP contribution in [0.15, 0.2) is 65.7 Å². The Balaban J connectivity index is 1.56. The minimum atomic E-state index is -1.64. The molecule has 2 saturated heterocycles. The molecule has 32 heteroatoms. The second kappa shape index (κ2) is 41.0. The first-order chi connectivity index (χ1) is 45.2. The summed E-state index contributed by atoms with van der Waals surface area (Å²) in [7, 11) is 0. The van der Waals surface area contributed by atoms with Gasteiger partial charge in [-0.15, -0.1) is 0 Å². The van der Waals surface area contributed by atoms with Crippen LogP contribution >= 0.6 is 11.8 Å². The molecule has 0 saturated carbocycles. The summed E-state index contributed by atoms with van der Waals surface area (Å²) in [6.07, 6.45) is 3.12. The van der Waals surface area contributed by atoms with Crippen LogP contribution in [0.1, 0.15) is 121 Å². The van der Waals surface area contributed by atoms with E-state index in [2.05, 4.69) is 47.5 Å². The first-order valence-corrected chi connectivity index (χ1v) is 33.6. The van der Waals surface area contributed by atoms with E-state index in [4.69, 9.17) is 40.1 Å². The molecular weight excluding hydrogens is 1250 g/mol. The normalized spacial score (nSPS) is 16.8. The Bertz CT molecular complexity index is 2960. The largest absolute Gasteiger partial charge is 0.370 e. The van der Waals surface area contributed by atoms with Crippen molar-refractivity contribution in [2.75, 3.05) is 44.7 Å². The molecule has 2 aromatic rings. The third kappa shape index (κ3) is 27.5. The van der Waals surface area contributed by atoms with E-state index in [1.807, 2.05) is 20.1 Å². The van der Waals surface area contributed by atoms with Crippen LogP contribution in [0.5, 0.6) is 0 Å².